The molecule has 0 bridgehead atoms. The molecule has 0 radical (unpaired) electrons. The molecular formula is C32H38O21. The number of aliphatic hydroxyl groups excluding tert-OH is 10. The van der Waals surface area contributed by atoms with Crippen molar-refractivity contribution in [2.24, 2.45) is 0 Å². The fourth-order valence-electron chi connectivity index (χ4n) is 6.08. The lowest BCUT2D eigenvalue weighted by Gasteiger charge is -2.44. The minimum absolute atomic E-state index is 0.156. The molecule has 6 rings (SSSR count). The summed E-state index contributed by atoms with van der Waals surface area (Å²) in [6.45, 7) is -2.17. The van der Waals surface area contributed by atoms with Crippen LogP contribution in [0.15, 0.2) is 39.5 Å². The van der Waals surface area contributed by atoms with Crippen LogP contribution in [0, 0.1) is 0 Å². The predicted molar refractivity (Wildman–Crippen MR) is 168 cm³/mol. The van der Waals surface area contributed by atoms with E-state index >= 15 is 0 Å². The van der Waals surface area contributed by atoms with Crippen molar-refractivity contribution in [3.05, 3.63) is 40.6 Å². The topological polar surface area (TPSA) is 349 Å². The van der Waals surface area contributed by atoms with Crippen molar-refractivity contribution in [3.8, 4) is 40.1 Å². The van der Waals surface area contributed by atoms with Gasteiger partial charge in [-0.3, -0.25) is 4.79 Å². The second-order valence-corrected chi connectivity index (χ2v) is 12.6. The van der Waals surface area contributed by atoms with Crippen LogP contribution in [0.5, 0.6) is 28.7 Å². The van der Waals surface area contributed by atoms with Gasteiger partial charge in [-0.05, 0) is 18.2 Å². The van der Waals surface area contributed by atoms with Crippen molar-refractivity contribution in [1.29, 1.82) is 0 Å². The summed E-state index contributed by atoms with van der Waals surface area (Å²) in [7, 11) is 0. The van der Waals surface area contributed by atoms with Crippen LogP contribution in [0.1, 0.15) is 0 Å². The molecule has 0 saturated carbocycles. The highest BCUT2D eigenvalue weighted by molar-refractivity contribution is 5.88. The Morgan fingerprint density at radius 2 is 1.32 bits per heavy atom. The van der Waals surface area contributed by atoms with E-state index in [1.807, 2.05) is 0 Å². The third-order valence-electron chi connectivity index (χ3n) is 9.03. The van der Waals surface area contributed by atoms with Crippen molar-refractivity contribution in [3.63, 3.8) is 0 Å². The summed E-state index contributed by atoms with van der Waals surface area (Å²) >= 11 is 0. The highest BCUT2D eigenvalue weighted by Crippen LogP contribution is 2.41. The normalized spacial score (nSPS) is 36.3. The first-order valence-electron chi connectivity index (χ1n) is 16.1. The van der Waals surface area contributed by atoms with E-state index < -0.39 is 145 Å². The van der Waals surface area contributed by atoms with Gasteiger partial charge in [-0.2, -0.15) is 0 Å². The average Bonchev–Trinajstić information content (AvgIpc) is 3.12. The maximum atomic E-state index is 14.0. The number of hydrogen-bond donors (Lipinski definition) is 13. The van der Waals surface area contributed by atoms with E-state index in [-0.39, 0.29) is 16.9 Å². The third kappa shape index (κ3) is 7.33. The summed E-state index contributed by atoms with van der Waals surface area (Å²) in [5.41, 5.74) is -1.66. The van der Waals surface area contributed by atoms with Crippen molar-refractivity contribution < 1.29 is 99.2 Å². The van der Waals surface area contributed by atoms with Crippen molar-refractivity contribution in [2.45, 2.75) is 86.0 Å². The Balaban J connectivity index is 1.39. The summed E-state index contributed by atoms with van der Waals surface area (Å²) in [4.78, 5) is 14.0. The molecule has 0 amide bonds. The zero-order valence-electron chi connectivity index (χ0n) is 27.2. The second kappa shape index (κ2) is 15.4. The van der Waals surface area contributed by atoms with Crippen molar-refractivity contribution in [1.82, 2.24) is 0 Å². The molecule has 14 atom stereocenters. The SMILES string of the molecule is O=c1c(O[C@@H]2O[C@H](CO)[C@@H](O)[C@H](O)[C@H]2O[C@@H]2OC[C@@H](O)[C@H](O)[C@H]2O)c(-c2ccc(O[C@@H]3O[C@H](CO)[C@@H](O)[C@H](O)[C@H]3O)c(O)c2)oc2cc(O)cc(O)c12. The molecule has 3 aromatic rings. The first kappa shape index (κ1) is 38.8. The van der Waals surface area contributed by atoms with Gasteiger partial charge in [-0.1, -0.05) is 0 Å². The van der Waals surface area contributed by atoms with Crippen LogP contribution in [0.4, 0.5) is 0 Å². The lowest BCUT2D eigenvalue weighted by molar-refractivity contribution is -0.345. The van der Waals surface area contributed by atoms with Gasteiger partial charge in [0.2, 0.25) is 23.8 Å². The first-order valence-corrected chi connectivity index (χ1v) is 16.1. The molecule has 1 aromatic heterocycles. The molecule has 3 saturated heterocycles. The molecule has 21 nitrogen and oxygen atoms in total. The summed E-state index contributed by atoms with van der Waals surface area (Å²) in [6.07, 6.45) is -24.4. The molecule has 3 fully saturated rings. The number of phenols is 3. The minimum Gasteiger partial charge on any atom is -0.508 e. The van der Waals surface area contributed by atoms with Gasteiger partial charge in [0.05, 0.1) is 19.8 Å². The number of rotatable bonds is 9. The van der Waals surface area contributed by atoms with Gasteiger partial charge in [0.15, 0.2) is 29.7 Å². The molecule has 53 heavy (non-hydrogen) atoms. The largest absolute Gasteiger partial charge is 0.508 e. The molecule has 4 heterocycles. The van der Waals surface area contributed by atoms with Crippen molar-refractivity contribution >= 4 is 11.0 Å². The van der Waals surface area contributed by atoms with Crippen LogP contribution in [-0.2, 0) is 18.9 Å². The molecular weight excluding hydrogens is 720 g/mol. The number of aliphatic hydroxyl groups is 10. The molecule has 21 heteroatoms. The fraction of sp³-hybridized carbons (Fsp3) is 0.531. The number of fused-ring (bicyclic) bond motifs is 1. The maximum Gasteiger partial charge on any atom is 0.239 e. The van der Waals surface area contributed by atoms with Gasteiger partial charge in [0.1, 0.15) is 83.5 Å². The minimum atomic E-state index is -1.98. The van der Waals surface area contributed by atoms with Crippen LogP contribution in [0.2, 0.25) is 0 Å². The predicted octanol–water partition coefficient (Wildman–Crippen LogP) is -4.60. The lowest BCUT2D eigenvalue weighted by atomic mass is 9.98. The number of ether oxygens (including phenoxy) is 6. The molecule has 0 aliphatic carbocycles. The van der Waals surface area contributed by atoms with Crippen LogP contribution in [0.25, 0.3) is 22.3 Å². The molecule has 2 aromatic carbocycles. The monoisotopic (exact) mass is 758 g/mol. The Morgan fingerprint density at radius 1 is 0.679 bits per heavy atom. The smallest absolute Gasteiger partial charge is 0.239 e. The Hall–Kier alpha value is -3.91. The van der Waals surface area contributed by atoms with Gasteiger partial charge in [0, 0.05) is 17.7 Å². The van der Waals surface area contributed by atoms with Gasteiger partial charge in [-0.25, -0.2) is 0 Å². The van der Waals surface area contributed by atoms with Crippen LogP contribution < -0.4 is 14.9 Å². The van der Waals surface area contributed by atoms with Crippen molar-refractivity contribution in [2.75, 3.05) is 19.8 Å². The molecule has 3 aliphatic heterocycles. The van der Waals surface area contributed by atoms with E-state index in [1.54, 1.807) is 0 Å². The Morgan fingerprint density at radius 3 is 1.98 bits per heavy atom. The van der Waals surface area contributed by atoms with Gasteiger partial charge in [-0.15, -0.1) is 0 Å². The van der Waals surface area contributed by atoms with Gasteiger partial charge >= 0.3 is 0 Å². The van der Waals surface area contributed by atoms with E-state index in [0.717, 1.165) is 24.3 Å². The first-order chi connectivity index (χ1) is 25.1. The molecule has 0 spiro atoms. The fourth-order valence-corrected chi connectivity index (χ4v) is 6.08. The number of hydrogen-bond acceptors (Lipinski definition) is 21. The standard InChI is InChI=1S/C32H38O21/c33-6-16-20(40)23(43)26(46)31(50-16)49-14-2-1-9(3-11(14)36)27-28(22(42)18-12(37)4-10(35)5-15(18)48-27)52-32-29(24(44)21(41)17(7-34)51-32)53-30-25(45)19(39)13(38)8-47-30/h1-5,13,16-17,19-21,23-26,29-41,43-46H,6-8H2/t13-,16-,17-,19+,20-,21-,23+,24+,25-,26-,29-,30+,31-,32+/m1/s1. The molecule has 13 N–H and O–H groups in total. The summed E-state index contributed by atoms with van der Waals surface area (Å²) < 4.78 is 39.1. The van der Waals surface area contributed by atoms with Gasteiger partial charge in [0.25, 0.3) is 0 Å². The van der Waals surface area contributed by atoms with E-state index in [4.69, 9.17) is 32.8 Å². The quantitative estimate of drug-likeness (QED) is 0.0976. The van der Waals surface area contributed by atoms with Crippen LogP contribution >= 0.6 is 0 Å². The van der Waals surface area contributed by atoms with E-state index in [0.29, 0.717) is 0 Å². The average molecular weight is 759 g/mol. The number of benzene rings is 2. The van der Waals surface area contributed by atoms with E-state index in [9.17, 15) is 71.2 Å². The summed E-state index contributed by atoms with van der Waals surface area (Å²) in [5.74, 6) is -3.65. The Bertz CT molecular complexity index is 1820. The number of phenolic OH excluding ortho intramolecular Hbond substituents is 3. The van der Waals surface area contributed by atoms with E-state index in [1.165, 1.54) is 6.07 Å². The molecule has 0 unspecified atom stereocenters. The zero-order chi connectivity index (χ0) is 38.5. The van der Waals surface area contributed by atoms with Crippen LogP contribution in [0.3, 0.4) is 0 Å². The summed E-state index contributed by atoms with van der Waals surface area (Å²) in [6, 6.07) is 5.08. The second-order valence-electron chi connectivity index (χ2n) is 12.6. The number of aromatic hydroxyl groups is 3. The third-order valence-corrected chi connectivity index (χ3v) is 9.03. The highest BCUT2D eigenvalue weighted by Gasteiger charge is 2.50. The van der Waals surface area contributed by atoms with Crippen LogP contribution in [-0.4, -0.2) is 172 Å². The zero-order valence-corrected chi connectivity index (χ0v) is 27.2. The lowest BCUT2D eigenvalue weighted by Crippen LogP contribution is -2.64. The molecule has 3 aliphatic rings. The molecule has 292 valence electrons. The van der Waals surface area contributed by atoms with E-state index in [2.05, 4.69) is 0 Å². The van der Waals surface area contributed by atoms with Gasteiger partial charge < -0.3 is 99.2 Å². The maximum absolute atomic E-state index is 14.0. The summed E-state index contributed by atoms with van der Waals surface area (Å²) in [5, 5.41) is 133. The Kier molecular flexibility index (Phi) is 11.3. The Labute approximate surface area is 296 Å². The highest BCUT2D eigenvalue weighted by atomic mass is 16.8.